The Kier molecular flexibility index (Phi) is 6.18. The zero-order valence-electron chi connectivity index (χ0n) is 13.7. The molecule has 0 spiro atoms. The molecular weight excluding hydrogens is 300 g/mol. The van der Waals surface area contributed by atoms with Gasteiger partial charge in [0.25, 0.3) is 0 Å². The van der Waals surface area contributed by atoms with Gasteiger partial charge in [-0.1, -0.05) is 12.2 Å². The monoisotopic (exact) mass is 324 g/mol. The van der Waals surface area contributed by atoms with Crippen LogP contribution in [0.3, 0.4) is 0 Å². The van der Waals surface area contributed by atoms with E-state index in [-0.39, 0.29) is 11.1 Å². The summed E-state index contributed by atoms with van der Waals surface area (Å²) in [5, 5.41) is 9.15. The van der Waals surface area contributed by atoms with E-state index in [0.29, 0.717) is 25.2 Å². The molecule has 1 rings (SSSR count). The minimum atomic E-state index is -0.501. The van der Waals surface area contributed by atoms with Gasteiger partial charge in [0.1, 0.15) is 22.2 Å². The number of rotatable bonds is 2. The smallest absolute Gasteiger partial charge is 0.410 e. The summed E-state index contributed by atoms with van der Waals surface area (Å²) < 4.78 is 5.40. The zero-order valence-corrected chi connectivity index (χ0v) is 14.5. The van der Waals surface area contributed by atoms with Gasteiger partial charge in [-0.3, -0.25) is 0 Å². The van der Waals surface area contributed by atoms with E-state index in [0.717, 1.165) is 18.7 Å². The van der Waals surface area contributed by atoms with Crippen LogP contribution >= 0.6 is 12.2 Å². The average Bonchev–Trinajstić information content (AvgIpc) is 2.62. The lowest BCUT2D eigenvalue weighted by Crippen LogP contribution is -2.39. The Morgan fingerprint density at radius 2 is 1.77 bits per heavy atom. The maximum Gasteiger partial charge on any atom is 0.410 e. The first-order valence-electron chi connectivity index (χ1n) is 7.29. The van der Waals surface area contributed by atoms with E-state index < -0.39 is 5.60 Å². The second kappa shape index (κ2) is 7.45. The lowest BCUT2D eigenvalue weighted by molar-refractivity contribution is 0.0259. The van der Waals surface area contributed by atoms with Gasteiger partial charge in [0, 0.05) is 31.9 Å². The molecule has 1 aliphatic rings. The van der Waals surface area contributed by atoms with Crippen LogP contribution in [0.25, 0.3) is 0 Å². The Morgan fingerprint density at radius 1 is 1.23 bits per heavy atom. The highest BCUT2D eigenvalue weighted by molar-refractivity contribution is 7.80. The predicted octanol–water partition coefficient (Wildman–Crippen LogP) is 2.01. The molecule has 0 aromatic rings. The second-order valence-electron chi connectivity index (χ2n) is 6.24. The van der Waals surface area contributed by atoms with Crippen molar-refractivity contribution in [1.29, 1.82) is 5.26 Å². The third kappa shape index (κ3) is 5.19. The maximum atomic E-state index is 12.1. The van der Waals surface area contributed by atoms with E-state index in [1.807, 2.05) is 32.6 Å². The van der Waals surface area contributed by atoms with E-state index in [1.54, 1.807) is 4.90 Å². The van der Waals surface area contributed by atoms with Crippen LogP contribution in [0, 0.1) is 11.3 Å². The van der Waals surface area contributed by atoms with E-state index in [9.17, 15) is 4.79 Å². The summed E-state index contributed by atoms with van der Waals surface area (Å²) in [6.45, 7) is 9.94. The molecule has 0 aliphatic carbocycles. The number of thiocarbonyl (C=S) groups is 1. The Bertz CT molecular complexity index is 517. The number of hydrogen-bond acceptors (Lipinski definition) is 5. The van der Waals surface area contributed by atoms with Gasteiger partial charge in [0.2, 0.25) is 0 Å². The minimum absolute atomic E-state index is 0.105. The van der Waals surface area contributed by atoms with E-state index in [1.165, 1.54) is 0 Å². The number of carbonyl (C=O) groups is 1. The quantitative estimate of drug-likeness (QED) is 0.475. The molecule has 1 fully saturated rings. The van der Waals surface area contributed by atoms with Gasteiger partial charge in [0.05, 0.1) is 0 Å². The van der Waals surface area contributed by atoms with Crippen molar-refractivity contribution >= 4 is 23.3 Å². The lowest BCUT2D eigenvalue weighted by atomic mass is 10.2. The number of amides is 1. The fourth-order valence-electron chi connectivity index (χ4n) is 2.23. The van der Waals surface area contributed by atoms with E-state index >= 15 is 0 Å². The second-order valence-corrected chi connectivity index (χ2v) is 6.68. The van der Waals surface area contributed by atoms with Crippen LogP contribution in [0.1, 0.15) is 34.1 Å². The summed E-state index contributed by atoms with van der Waals surface area (Å²) >= 11 is 4.91. The Labute approximate surface area is 137 Å². The maximum absolute atomic E-state index is 12.1. The summed E-state index contributed by atoms with van der Waals surface area (Å²) in [6, 6.07) is 2.05. The fourth-order valence-corrected chi connectivity index (χ4v) is 2.43. The van der Waals surface area contributed by atoms with Gasteiger partial charge < -0.3 is 20.3 Å². The number of nitrogens with zero attached hydrogens (tertiary/aromatic N) is 3. The largest absolute Gasteiger partial charge is 0.444 e. The van der Waals surface area contributed by atoms with Gasteiger partial charge in [-0.15, -0.1) is 0 Å². The summed E-state index contributed by atoms with van der Waals surface area (Å²) in [6.07, 6.45) is 0.498. The molecule has 22 heavy (non-hydrogen) atoms. The summed E-state index contributed by atoms with van der Waals surface area (Å²) in [7, 11) is 0. The highest BCUT2D eigenvalue weighted by Crippen LogP contribution is 2.16. The summed E-state index contributed by atoms with van der Waals surface area (Å²) in [5.41, 5.74) is 6.18. The molecule has 2 N–H and O–H groups in total. The molecule has 0 aromatic carbocycles. The third-order valence-corrected chi connectivity index (χ3v) is 3.55. The molecule has 0 radical (unpaired) electrons. The van der Waals surface area contributed by atoms with Crippen molar-refractivity contribution in [1.82, 2.24) is 9.80 Å². The van der Waals surface area contributed by atoms with Gasteiger partial charge in [-0.25, -0.2) is 4.79 Å². The number of allylic oxidation sites excluding steroid dienone is 1. The first kappa shape index (κ1) is 18.2. The molecule has 0 atom stereocenters. The lowest BCUT2D eigenvalue weighted by Gasteiger charge is -2.27. The molecule has 0 saturated carbocycles. The molecular formula is C15H24N4O2S. The minimum Gasteiger partial charge on any atom is -0.444 e. The van der Waals surface area contributed by atoms with Gasteiger partial charge in [0.15, 0.2) is 0 Å². The topological polar surface area (TPSA) is 82.6 Å². The highest BCUT2D eigenvalue weighted by Gasteiger charge is 2.25. The van der Waals surface area contributed by atoms with E-state index in [4.69, 9.17) is 28.0 Å². The zero-order chi connectivity index (χ0) is 16.9. The average molecular weight is 324 g/mol. The normalized spacial score (nSPS) is 17.2. The summed E-state index contributed by atoms with van der Waals surface area (Å²) in [4.78, 5) is 16.0. The molecule has 7 heteroatoms. The SMILES string of the molecule is C/C(=C(\C#N)C(N)=S)N1CCCN(C(=O)OC(C)(C)C)CC1. The molecule has 0 unspecified atom stereocenters. The van der Waals surface area contributed by atoms with Gasteiger partial charge in [-0.05, 0) is 34.1 Å². The Balaban J connectivity index is 2.77. The van der Waals surface area contributed by atoms with Crippen molar-refractivity contribution in [3.63, 3.8) is 0 Å². The molecule has 1 saturated heterocycles. The molecule has 0 bridgehead atoms. The number of ether oxygens (including phenoxy) is 1. The van der Waals surface area contributed by atoms with E-state index in [2.05, 4.69) is 6.07 Å². The van der Waals surface area contributed by atoms with Gasteiger partial charge >= 0.3 is 6.09 Å². The molecule has 6 nitrogen and oxygen atoms in total. The fraction of sp³-hybridized carbons (Fsp3) is 0.667. The number of carbonyl (C=O) groups excluding carboxylic acids is 1. The molecule has 1 amide bonds. The van der Waals surface area contributed by atoms with Crippen LogP contribution in [0.15, 0.2) is 11.3 Å². The van der Waals surface area contributed by atoms with Crippen molar-refractivity contribution in [3.8, 4) is 6.07 Å². The highest BCUT2D eigenvalue weighted by atomic mass is 32.1. The molecule has 0 aromatic heterocycles. The van der Waals surface area contributed by atoms with Crippen molar-refractivity contribution in [2.75, 3.05) is 26.2 Å². The number of hydrogen-bond donors (Lipinski definition) is 1. The van der Waals surface area contributed by atoms with Crippen molar-refractivity contribution in [2.24, 2.45) is 5.73 Å². The standard InChI is InChI=1S/C15H24N4O2S/c1-11(12(10-16)13(17)22)18-6-5-7-19(9-8-18)14(20)21-15(2,3)4/h5-9H2,1-4H3,(H2,17,22)/b12-11-. The van der Waals surface area contributed by atoms with Crippen LogP contribution in [0.5, 0.6) is 0 Å². The van der Waals surface area contributed by atoms with Crippen molar-refractivity contribution in [3.05, 3.63) is 11.3 Å². The predicted molar refractivity (Wildman–Crippen MR) is 89.1 cm³/mol. The molecule has 1 aliphatic heterocycles. The van der Waals surface area contributed by atoms with Gasteiger partial charge in [-0.2, -0.15) is 5.26 Å². The number of nitriles is 1. The first-order valence-corrected chi connectivity index (χ1v) is 7.70. The van der Waals surface area contributed by atoms with Crippen molar-refractivity contribution < 1.29 is 9.53 Å². The van der Waals surface area contributed by atoms with Crippen LogP contribution in [0.2, 0.25) is 0 Å². The Hall–Kier alpha value is -1.81. The third-order valence-electron chi connectivity index (χ3n) is 3.34. The van der Waals surface area contributed by atoms with Crippen LogP contribution in [0.4, 0.5) is 4.79 Å². The first-order chi connectivity index (χ1) is 10.2. The molecule has 122 valence electrons. The van der Waals surface area contributed by atoms with Crippen LogP contribution in [-0.2, 0) is 4.74 Å². The number of nitrogens with two attached hydrogens (primary N) is 1. The van der Waals surface area contributed by atoms with Crippen LogP contribution < -0.4 is 5.73 Å². The Morgan fingerprint density at radius 3 is 2.27 bits per heavy atom. The van der Waals surface area contributed by atoms with Crippen LogP contribution in [-0.4, -0.2) is 52.7 Å². The summed E-state index contributed by atoms with van der Waals surface area (Å²) in [5.74, 6) is 0. The molecule has 1 heterocycles. The van der Waals surface area contributed by atoms with Crippen molar-refractivity contribution in [2.45, 2.75) is 39.7 Å².